The van der Waals surface area contributed by atoms with Gasteiger partial charge in [-0.15, -0.1) is 11.8 Å². The van der Waals surface area contributed by atoms with Crippen LogP contribution in [0, 0.1) is 5.92 Å². The second kappa shape index (κ2) is 7.86. The molecule has 0 amide bonds. The second-order valence-electron chi connectivity index (χ2n) is 5.77. The van der Waals surface area contributed by atoms with E-state index < -0.39 is 0 Å². The van der Waals surface area contributed by atoms with Gasteiger partial charge in [0.25, 0.3) is 0 Å². The molecule has 1 aliphatic carbocycles. The van der Waals surface area contributed by atoms with Crippen LogP contribution in [0.15, 0.2) is 41.0 Å². The van der Waals surface area contributed by atoms with Crippen molar-refractivity contribution in [2.45, 2.75) is 28.7 Å². The van der Waals surface area contributed by atoms with Gasteiger partial charge in [0.05, 0.1) is 19.0 Å². The highest BCUT2D eigenvalue weighted by Crippen LogP contribution is 2.35. The summed E-state index contributed by atoms with van der Waals surface area (Å²) >= 11 is 5.69. The van der Waals surface area contributed by atoms with Crippen LogP contribution in [0.3, 0.4) is 0 Å². The molecule has 0 spiro atoms. The molecule has 2 unspecified atom stereocenters. The molecule has 1 saturated heterocycles. The average molecular weight is 383 g/mol. The number of halogens is 1. The second-order valence-corrected chi connectivity index (χ2v) is 8.12. The zero-order valence-corrected chi connectivity index (χ0v) is 15.3. The molecule has 0 radical (unpaired) electrons. The van der Waals surface area contributed by atoms with Crippen molar-refractivity contribution < 1.29 is 4.74 Å². The third kappa shape index (κ3) is 3.88. The molecule has 3 nitrogen and oxygen atoms in total. The van der Waals surface area contributed by atoms with Gasteiger partial charge in [0.2, 0.25) is 0 Å². The van der Waals surface area contributed by atoms with E-state index in [9.17, 15) is 0 Å². The number of ether oxygens (including phenoxy) is 1. The number of hydrogen-bond acceptors (Lipinski definition) is 4. The number of alkyl halides is 1. The predicted octanol–water partition coefficient (Wildman–Crippen LogP) is 3.67. The molecule has 22 heavy (non-hydrogen) atoms. The van der Waals surface area contributed by atoms with Crippen LogP contribution in [0.1, 0.15) is 24.6 Å². The van der Waals surface area contributed by atoms with Crippen LogP contribution in [-0.2, 0) is 4.74 Å². The first-order valence-electron chi connectivity index (χ1n) is 7.84. The minimum Gasteiger partial charge on any atom is -0.501 e. The summed E-state index contributed by atoms with van der Waals surface area (Å²) in [5.74, 6) is 2.70. The normalized spacial score (nSPS) is 26.0. The van der Waals surface area contributed by atoms with Crippen LogP contribution in [0.2, 0.25) is 0 Å². The average Bonchev–Trinajstić information content (AvgIpc) is 3.07. The fraction of sp³-hybridized carbons (Fsp3) is 0.529. The number of hydrogen-bond donors (Lipinski definition) is 2. The Balaban J connectivity index is 1.68. The Labute approximate surface area is 145 Å². The zero-order valence-electron chi connectivity index (χ0n) is 12.8. The fourth-order valence-electron chi connectivity index (χ4n) is 3.10. The first-order valence-corrected chi connectivity index (χ1v) is 9.74. The van der Waals surface area contributed by atoms with Crippen LogP contribution in [0.5, 0.6) is 0 Å². The lowest BCUT2D eigenvalue weighted by Gasteiger charge is -2.26. The van der Waals surface area contributed by atoms with E-state index in [0.29, 0.717) is 10.7 Å². The van der Waals surface area contributed by atoms with Crippen LogP contribution >= 0.6 is 27.7 Å². The van der Waals surface area contributed by atoms with Crippen molar-refractivity contribution >= 4 is 27.7 Å². The monoisotopic (exact) mass is 382 g/mol. The van der Waals surface area contributed by atoms with Crippen LogP contribution < -0.4 is 10.6 Å². The van der Waals surface area contributed by atoms with E-state index >= 15 is 0 Å². The van der Waals surface area contributed by atoms with Gasteiger partial charge >= 0.3 is 0 Å². The highest BCUT2D eigenvalue weighted by Gasteiger charge is 2.25. The summed E-state index contributed by atoms with van der Waals surface area (Å²) < 4.78 is 5.57. The number of allylic oxidation sites excluding steroid dienone is 2. The summed E-state index contributed by atoms with van der Waals surface area (Å²) in [7, 11) is 1.79. The van der Waals surface area contributed by atoms with Crippen molar-refractivity contribution in [1.29, 1.82) is 0 Å². The molecule has 1 heterocycles. The van der Waals surface area contributed by atoms with E-state index in [-0.39, 0.29) is 6.17 Å². The number of methoxy groups -OCH3 is 1. The summed E-state index contributed by atoms with van der Waals surface area (Å²) in [4.78, 5) is 1.94. The van der Waals surface area contributed by atoms with Crippen molar-refractivity contribution in [3.8, 4) is 0 Å². The highest BCUT2D eigenvalue weighted by molar-refractivity contribution is 9.09. The quantitative estimate of drug-likeness (QED) is 0.601. The lowest BCUT2D eigenvalue weighted by molar-refractivity contribution is 0.235. The van der Waals surface area contributed by atoms with Crippen molar-refractivity contribution in [2.24, 2.45) is 5.92 Å². The SMILES string of the molecule is COC1=CCC(Br)CC1CSc1ccccc1C1NCCN1. The maximum Gasteiger partial charge on any atom is 0.0955 e. The summed E-state index contributed by atoms with van der Waals surface area (Å²) in [6.07, 6.45) is 4.74. The number of rotatable bonds is 5. The van der Waals surface area contributed by atoms with Gasteiger partial charge in [-0.25, -0.2) is 0 Å². The largest absolute Gasteiger partial charge is 0.501 e. The Kier molecular flexibility index (Phi) is 5.85. The third-order valence-electron chi connectivity index (χ3n) is 4.25. The topological polar surface area (TPSA) is 33.3 Å². The Morgan fingerprint density at radius 1 is 1.27 bits per heavy atom. The maximum absolute atomic E-state index is 5.57. The summed E-state index contributed by atoms with van der Waals surface area (Å²) in [6.45, 7) is 2.07. The number of thioether (sulfide) groups is 1. The van der Waals surface area contributed by atoms with E-state index in [0.717, 1.165) is 37.4 Å². The third-order valence-corrected chi connectivity index (χ3v) is 6.24. The standard InChI is InChI=1S/C17H23BrN2OS/c1-21-15-7-6-13(18)10-12(15)11-22-16-5-3-2-4-14(16)17-19-8-9-20-17/h2-5,7,12-13,17,19-20H,6,8-11H2,1H3. The van der Waals surface area contributed by atoms with Gasteiger partial charge in [-0.3, -0.25) is 10.6 Å². The minimum absolute atomic E-state index is 0.288. The Bertz CT molecular complexity index is 531. The van der Waals surface area contributed by atoms with Crippen molar-refractivity contribution in [2.75, 3.05) is 26.0 Å². The molecule has 1 aromatic rings. The lowest BCUT2D eigenvalue weighted by Crippen LogP contribution is -2.22. The molecule has 3 rings (SSSR count). The molecule has 0 bridgehead atoms. The zero-order chi connectivity index (χ0) is 15.4. The lowest BCUT2D eigenvalue weighted by atomic mass is 9.95. The van der Waals surface area contributed by atoms with Crippen molar-refractivity contribution in [3.63, 3.8) is 0 Å². The minimum atomic E-state index is 0.288. The highest BCUT2D eigenvalue weighted by atomic mass is 79.9. The van der Waals surface area contributed by atoms with E-state index in [4.69, 9.17) is 4.74 Å². The molecular formula is C17H23BrN2OS. The van der Waals surface area contributed by atoms with Gasteiger partial charge in [0.1, 0.15) is 0 Å². The van der Waals surface area contributed by atoms with Crippen LogP contribution in [-0.4, -0.2) is 30.8 Å². The van der Waals surface area contributed by atoms with Crippen molar-refractivity contribution in [1.82, 2.24) is 10.6 Å². The molecule has 1 aromatic carbocycles. The molecule has 120 valence electrons. The maximum atomic E-state index is 5.57. The molecule has 1 fully saturated rings. The van der Waals surface area contributed by atoms with Gasteiger partial charge in [-0.2, -0.15) is 0 Å². The molecule has 2 atom stereocenters. The number of nitrogens with one attached hydrogen (secondary N) is 2. The van der Waals surface area contributed by atoms with Gasteiger partial charge in [0.15, 0.2) is 0 Å². The van der Waals surface area contributed by atoms with E-state index in [1.165, 1.54) is 10.5 Å². The van der Waals surface area contributed by atoms with Gasteiger partial charge in [-0.05, 0) is 30.5 Å². The van der Waals surface area contributed by atoms with E-state index in [2.05, 4.69) is 56.9 Å². The molecule has 1 aliphatic heterocycles. The fourth-order valence-corrected chi connectivity index (χ4v) is 4.94. The molecule has 2 aliphatic rings. The molecule has 2 N–H and O–H groups in total. The Hall–Kier alpha value is -0.490. The van der Waals surface area contributed by atoms with Crippen molar-refractivity contribution in [3.05, 3.63) is 41.7 Å². The summed E-state index contributed by atoms with van der Waals surface area (Å²) in [5.41, 5.74) is 1.36. The molecular weight excluding hydrogens is 360 g/mol. The molecule has 5 heteroatoms. The van der Waals surface area contributed by atoms with E-state index in [1.807, 2.05) is 11.8 Å². The van der Waals surface area contributed by atoms with Gasteiger partial charge in [0, 0.05) is 34.5 Å². The van der Waals surface area contributed by atoms with E-state index in [1.54, 1.807) is 7.11 Å². The van der Waals surface area contributed by atoms with Crippen LogP contribution in [0.25, 0.3) is 0 Å². The Morgan fingerprint density at radius 2 is 2.05 bits per heavy atom. The first kappa shape index (κ1) is 16.4. The van der Waals surface area contributed by atoms with Crippen LogP contribution in [0.4, 0.5) is 0 Å². The predicted molar refractivity (Wildman–Crippen MR) is 96.4 cm³/mol. The van der Waals surface area contributed by atoms with Gasteiger partial charge in [-0.1, -0.05) is 34.1 Å². The first-order chi connectivity index (χ1) is 10.8. The summed E-state index contributed by atoms with van der Waals surface area (Å²) in [6, 6.07) is 8.70. The molecule has 0 aromatic heterocycles. The summed E-state index contributed by atoms with van der Waals surface area (Å²) in [5, 5.41) is 7.02. The van der Waals surface area contributed by atoms with Gasteiger partial charge < -0.3 is 4.74 Å². The molecule has 0 saturated carbocycles. The Morgan fingerprint density at radius 3 is 2.82 bits per heavy atom. The number of benzene rings is 1. The smallest absolute Gasteiger partial charge is 0.0955 e.